The number of nitrogens with one attached hydrogen (secondary N) is 1. The smallest absolute Gasteiger partial charge is 0.256 e. The van der Waals surface area contributed by atoms with Crippen LogP contribution >= 0.6 is 11.8 Å². The summed E-state index contributed by atoms with van der Waals surface area (Å²) in [5, 5.41) is 7.82. The summed E-state index contributed by atoms with van der Waals surface area (Å²) in [5.74, 6) is 2.75. The molecule has 0 saturated carbocycles. The first-order valence-corrected chi connectivity index (χ1v) is 7.28. The molecule has 19 heavy (non-hydrogen) atoms. The fourth-order valence-electron chi connectivity index (χ4n) is 1.35. The van der Waals surface area contributed by atoms with Crippen LogP contribution in [0.1, 0.15) is 20.3 Å². The van der Waals surface area contributed by atoms with Crippen LogP contribution in [0.15, 0.2) is 23.6 Å². The van der Waals surface area contributed by atoms with Gasteiger partial charge in [0.2, 0.25) is 5.95 Å². The molecule has 0 spiro atoms. The third-order valence-electron chi connectivity index (χ3n) is 2.73. The van der Waals surface area contributed by atoms with E-state index in [1.807, 2.05) is 12.3 Å². The summed E-state index contributed by atoms with van der Waals surface area (Å²) >= 11 is 1.65. The van der Waals surface area contributed by atoms with Crippen LogP contribution in [0.3, 0.4) is 0 Å². The molecule has 6 nitrogen and oxygen atoms in total. The van der Waals surface area contributed by atoms with Gasteiger partial charge in [-0.2, -0.15) is 20.1 Å². The number of hydrogen-bond donors (Lipinski definition) is 1. The van der Waals surface area contributed by atoms with E-state index in [1.54, 1.807) is 29.7 Å². The van der Waals surface area contributed by atoms with Gasteiger partial charge in [0.1, 0.15) is 0 Å². The van der Waals surface area contributed by atoms with Crippen molar-refractivity contribution >= 4 is 17.7 Å². The van der Waals surface area contributed by atoms with Gasteiger partial charge in [0.05, 0.1) is 0 Å². The number of aromatic nitrogens is 5. The molecule has 0 bridgehead atoms. The molecular formula is C12H18N6S. The third-order valence-corrected chi connectivity index (χ3v) is 3.91. The molecule has 1 unspecified atom stereocenters. The van der Waals surface area contributed by atoms with Crippen LogP contribution in [0, 0.1) is 5.92 Å². The Labute approximate surface area is 117 Å². The predicted octanol–water partition coefficient (Wildman–Crippen LogP) is 2.24. The molecule has 0 saturated heterocycles. The van der Waals surface area contributed by atoms with Gasteiger partial charge in [-0.15, -0.1) is 0 Å². The Morgan fingerprint density at radius 3 is 2.84 bits per heavy atom. The van der Waals surface area contributed by atoms with Crippen LogP contribution in [0.5, 0.6) is 0 Å². The SMILES string of the molecule is CCC(C)CSc1nc(NC)nc(-n2cccn2)n1. The van der Waals surface area contributed by atoms with Crippen LogP contribution < -0.4 is 5.32 Å². The van der Waals surface area contributed by atoms with Crippen LogP contribution in [0.4, 0.5) is 5.95 Å². The van der Waals surface area contributed by atoms with Crippen molar-refractivity contribution in [1.29, 1.82) is 0 Å². The lowest BCUT2D eigenvalue weighted by Gasteiger charge is -2.08. The Morgan fingerprint density at radius 2 is 2.21 bits per heavy atom. The summed E-state index contributed by atoms with van der Waals surface area (Å²) in [7, 11) is 1.80. The highest BCUT2D eigenvalue weighted by Crippen LogP contribution is 2.20. The quantitative estimate of drug-likeness (QED) is 0.817. The van der Waals surface area contributed by atoms with Crippen molar-refractivity contribution in [2.45, 2.75) is 25.4 Å². The summed E-state index contributed by atoms with van der Waals surface area (Å²) in [6.07, 6.45) is 4.68. The highest BCUT2D eigenvalue weighted by Gasteiger charge is 2.09. The second kappa shape index (κ2) is 6.51. The van der Waals surface area contributed by atoms with Gasteiger partial charge >= 0.3 is 0 Å². The Bertz CT molecular complexity index is 513. The monoisotopic (exact) mass is 278 g/mol. The topological polar surface area (TPSA) is 68.5 Å². The Balaban J connectivity index is 2.21. The second-order valence-corrected chi connectivity index (χ2v) is 5.25. The standard InChI is InChI=1S/C12H18N6S/c1-4-9(2)8-19-12-16-10(13-3)15-11(17-12)18-7-5-6-14-18/h5-7,9H,4,8H2,1-3H3,(H,13,15,16,17). The Morgan fingerprint density at radius 1 is 1.37 bits per heavy atom. The molecule has 0 aromatic carbocycles. The van der Waals surface area contributed by atoms with Gasteiger partial charge in [-0.25, -0.2) is 4.68 Å². The zero-order valence-electron chi connectivity index (χ0n) is 11.4. The molecule has 0 aliphatic heterocycles. The number of hydrogen-bond acceptors (Lipinski definition) is 6. The van der Waals surface area contributed by atoms with Gasteiger partial charge in [-0.05, 0) is 12.0 Å². The molecule has 1 atom stereocenters. The lowest BCUT2D eigenvalue weighted by molar-refractivity contribution is 0.635. The van der Waals surface area contributed by atoms with E-state index < -0.39 is 0 Å². The number of nitrogens with zero attached hydrogens (tertiary/aromatic N) is 5. The zero-order valence-corrected chi connectivity index (χ0v) is 12.2. The Hall–Kier alpha value is -1.63. The molecule has 0 amide bonds. The van der Waals surface area contributed by atoms with Gasteiger partial charge in [-0.1, -0.05) is 32.0 Å². The fourth-order valence-corrected chi connectivity index (χ4v) is 2.31. The minimum atomic E-state index is 0.538. The highest BCUT2D eigenvalue weighted by molar-refractivity contribution is 7.99. The summed E-state index contributed by atoms with van der Waals surface area (Å²) in [4.78, 5) is 13.1. The number of rotatable bonds is 6. The minimum Gasteiger partial charge on any atom is -0.357 e. The molecule has 2 rings (SSSR count). The lowest BCUT2D eigenvalue weighted by Crippen LogP contribution is -2.08. The van der Waals surface area contributed by atoms with Crippen molar-refractivity contribution in [3.63, 3.8) is 0 Å². The van der Waals surface area contributed by atoms with E-state index in [2.05, 4.69) is 39.2 Å². The van der Waals surface area contributed by atoms with E-state index in [0.717, 1.165) is 17.3 Å². The van der Waals surface area contributed by atoms with Crippen molar-refractivity contribution in [3.05, 3.63) is 18.5 Å². The van der Waals surface area contributed by atoms with E-state index >= 15 is 0 Å². The van der Waals surface area contributed by atoms with E-state index in [0.29, 0.717) is 17.8 Å². The molecule has 102 valence electrons. The van der Waals surface area contributed by atoms with Crippen LogP contribution in [-0.4, -0.2) is 37.5 Å². The molecule has 0 aliphatic carbocycles. The van der Waals surface area contributed by atoms with E-state index in [9.17, 15) is 0 Å². The molecule has 2 heterocycles. The molecule has 2 aromatic heterocycles. The minimum absolute atomic E-state index is 0.538. The highest BCUT2D eigenvalue weighted by atomic mass is 32.2. The third kappa shape index (κ3) is 3.66. The van der Waals surface area contributed by atoms with Crippen LogP contribution in [-0.2, 0) is 0 Å². The summed E-state index contributed by atoms with van der Waals surface area (Å²) < 4.78 is 1.63. The maximum atomic E-state index is 4.43. The van der Waals surface area contributed by atoms with Crippen molar-refractivity contribution < 1.29 is 0 Å². The average Bonchev–Trinajstić information content (AvgIpc) is 2.98. The summed E-state index contributed by atoms with van der Waals surface area (Å²) in [6.45, 7) is 4.41. The molecule has 0 radical (unpaired) electrons. The van der Waals surface area contributed by atoms with Gasteiger partial charge in [-0.3, -0.25) is 0 Å². The molecule has 0 aliphatic rings. The number of anilines is 1. The molecule has 7 heteroatoms. The van der Waals surface area contributed by atoms with Crippen LogP contribution in [0.25, 0.3) is 5.95 Å². The van der Waals surface area contributed by atoms with Gasteiger partial charge in [0.25, 0.3) is 5.95 Å². The fraction of sp³-hybridized carbons (Fsp3) is 0.500. The van der Waals surface area contributed by atoms with Crippen molar-refractivity contribution in [2.24, 2.45) is 5.92 Å². The van der Waals surface area contributed by atoms with Crippen molar-refractivity contribution in [2.75, 3.05) is 18.1 Å². The first-order valence-electron chi connectivity index (χ1n) is 6.29. The van der Waals surface area contributed by atoms with Crippen molar-refractivity contribution in [3.8, 4) is 5.95 Å². The molecule has 1 N–H and O–H groups in total. The van der Waals surface area contributed by atoms with E-state index in [4.69, 9.17) is 0 Å². The van der Waals surface area contributed by atoms with Crippen LogP contribution in [0.2, 0.25) is 0 Å². The van der Waals surface area contributed by atoms with Gasteiger partial charge in [0.15, 0.2) is 5.16 Å². The molecular weight excluding hydrogens is 260 g/mol. The van der Waals surface area contributed by atoms with Gasteiger partial charge < -0.3 is 5.32 Å². The lowest BCUT2D eigenvalue weighted by atomic mass is 10.2. The largest absolute Gasteiger partial charge is 0.357 e. The molecule has 0 fully saturated rings. The predicted molar refractivity (Wildman–Crippen MR) is 76.7 cm³/mol. The summed E-state index contributed by atoms with van der Waals surface area (Å²) in [6, 6.07) is 1.84. The first-order chi connectivity index (χ1) is 9.22. The van der Waals surface area contributed by atoms with Gasteiger partial charge in [0, 0.05) is 25.2 Å². The second-order valence-electron chi connectivity index (χ2n) is 4.27. The average molecular weight is 278 g/mol. The normalized spacial score (nSPS) is 12.4. The van der Waals surface area contributed by atoms with E-state index in [-0.39, 0.29) is 0 Å². The summed E-state index contributed by atoms with van der Waals surface area (Å²) in [5.41, 5.74) is 0. The van der Waals surface area contributed by atoms with E-state index in [1.165, 1.54) is 0 Å². The maximum absolute atomic E-state index is 4.43. The molecule has 2 aromatic rings. The maximum Gasteiger partial charge on any atom is 0.256 e. The first kappa shape index (κ1) is 13.8. The Kier molecular flexibility index (Phi) is 4.73. The number of thioether (sulfide) groups is 1. The van der Waals surface area contributed by atoms with Crippen molar-refractivity contribution in [1.82, 2.24) is 24.7 Å². The zero-order chi connectivity index (χ0) is 13.7.